The van der Waals surface area contributed by atoms with E-state index in [4.69, 9.17) is 17.3 Å². The summed E-state index contributed by atoms with van der Waals surface area (Å²) in [7, 11) is 0. The van der Waals surface area contributed by atoms with E-state index in [1.54, 1.807) is 11.3 Å². The number of allylic oxidation sites excluding steroid dienone is 2. The molecule has 2 aromatic rings. The zero-order valence-electron chi connectivity index (χ0n) is 19.6. The van der Waals surface area contributed by atoms with Gasteiger partial charge in [0.2, 0.25) is 0 Å². The van der Waals surface area contributed by atoms with Gasteiger partial charge in [-0.3, -0.25) is 0 Å². The number of thioether (sulfide) groups is 1. The van der Waals surface area contributed by atoms with Crippen molar-refractivity contribution in [2.75, 3.05) is 17.6 Å². The quantitative estimate of drug-likeness (QED) is 0.341. The Labute approximate surface area is 202 Å². The zero-order valence-corrected chi connectivity index (χ0v) is 22.0. The van der Waals surface area contributed by atoms with Crippen LogP contribution in [-0.2, 0) is 0 Å². The van der Waals surface area contributed by atoms with Crippen LogP contribution in [0, 0.1) is 5.92 Å². The molecule has 0 amide bonds. The summed E-state index contributed by atoms with van der Waals surface area (Å²) in [6, 6.07) is 2.35. The summed E-state index contributed by atoms with van der Waals surface area (Å²) in [6.45, 7) is 14.9. The molecule has 4 rings (SSSR count). The molecule has 3 nitrogen and oxygen atoms in total. The molecule has 3 N–H and O–H groups in total. The number of thiophene rings is 1. The summed E-state index contributed by atoms with van der Waals surface area (Å²) in [6.07, 6.45) is 12.0. The fourth-order valence-corrected chi connectivity index (χ4v) is 5.29. The van der Waals surface area contributed by atoms with Crippen molar-refractivity contribution in [3.63, 3.8) is 0 Å². The molecule has 0 spiro atoms. The standard InChI is InChI=1S/C15H15ClN2S2.C6H11N.2C2H6/c1-3-10-8-20-15-12(5-13(16)18-14(10)15)17-6-11-4-9(2)7-19-11;7-6-4-2-1-3-5-6;2*1-2/h3-5,8-9H,1,6-7H2,2H3,(H,17,18);1-2,6H,3-5,7H2;2*1-2H3. The number of nitrogens with two attached hydrogens (primary N) is 1. The molecule has 2 aliphatic rings. The molecule has 2 unspecified atom stereocenters. The number of hydrogen-bond donors (Lipinski definition) is 2. The molecule has 2 aromatic heterocycles. The highest BCUT2D eigenvalue weighted by molar-refractivity contribution is 8.03. The molecule has 1 aliphatic carbocycles. The molecule has 2 atom stereocenters. The predicted molar refractivity (Wildman–Crippen MR) is 147 cm³/mol. The molecule has 3 heterocycles. The van der Waals surface area contributed by atoms with Crippen LogP contribution in [-0.4, -0.2) is 23.3 Å². The van der Waals surface area contributed by atoms with Gasteiger partial charge >= 0.3 is 0 Å². The van der Waals surface area contributed by atoms with Crippen molar-refractivity contribution >= 4 is 56.7 Å². The Morgan fingerprint density at radius 1 is 1.29 bits per heavy atom. The van der Waals surface area contributed by atoms with Crippen LogP contribution in [0.3, 0.4) is 0 Å². The Morgan fingerprint density at radius 2 is 2.03 bits per heavy atom. The van der Waals surface area contributed by atoms with Crippen LogP contribution >= 0.6 is 34.7 Å². The molecular weight excluding hydrogens is 442 g/mol. The van der Waals surface area contributed by atoms with Crippen molar-refractivity contribution in [2.24, 2.45) is 11.7 Å². The highest BCUT2D eigenvalue weighted by atomic mass is 35.5. The first-order chi connectivity index (χ1) is 15.1. The second-order valence-corrected chi connectivity index (χ2v) is 9.30. The first-order valence-electron chi connectivity index (χ1n) is 11.2. The maximum atomic E-state index is 6.13. The average molecular weight is 480 g/mol. The van der Waals surface area contributed by atoms with E-state index in [-0.39, 0.29) is 0 Å². The number of nitrogens with one attached hydrogen (secondary N) is 1. The van der Waals surface area contributed by atoms with Crippen molar-refractivity contribution in [2.45, 2.75) is 59.9 Å². The molecule has 0 bridgehead atoms. The lowest BCUT2D eigenvalue weighted by Crippen LogP contribution is -2.19. The van der Waals surface area contributed by atoms with Gasteiger partial charge in [0.25, 0.3) is 0 Å². The van der Waals surface area contributed by atoms with Crippen molar-refractivity contribution in [1.29, 1.82) is 0 Å². The van der Waals surface area contributed by atoms with E-state index in [1.807, 2.05) is 51.6 Å². The second-order valence-electron chi connectivity index (χ2n) is 6.88. The zero-order chi connectivity index (χ0) is 23.2. The van der Waals surface area contributed by atoms with Gasteiger partial charge in [0, 0.05) is 40.3 Å². The van der Waals surface area contributed by atoms with Gasteiger partial charge in [0.15, 0.2) is 0 Å². The first kappa shape index (κ1) is 27.8. The van der Waals surface area contributed by atoms with Crippen LogP contribution in [0.5, 0.6) is 0 Å². The van der Waals surface area contributed by atoms with E-state index in [0.717, 1.165) is 34.4 Å². The third kappa shape index (κ3) is 9.01. The summed E-state index contributed by atoms with van der Waals surface area (Å²) < 4.78 is 1.14. The van der Waals surface area contributed by atoms with Crippen LogP contribution in [0.4, 0.5) is 5.69 Å². The summed E-state index contributed by atoms with van der Waals surface area (Å²) in [5.41, 5.74) is 8.61. The molecule has 1 aliphatic heterocycles. The van der Waals surface area contributed by atoms with Gasteiger partial charge in [-0.05, 0) is 25.2 Å². The largest absolute Gasteiger partial charge is 0.379 e. The summed E-state index contributed by atoms with van der Waals surface area (Å²) >= 11 is 9.73. The van der Waals surface area contributed by atoms with E-state index in [9.17, 15) is 0 Å². The van der Waals surface area contributed by atoms with E-state index in [0.29, 0.717) is 17.1 Å². The Hall–Kier alpha value is -1.27. The van der Waals surface area contributed by atoms with Gasteiger partial charge in [-0.15, -0.1) is 23.1 Å². The number of aromatic nitrogens is 1. The molecular formula is C25H38ClN3S2. The van der Waals surface area contributed by atoms with Crippen LogP contribution < -0.4 is 11.1 Å². The highest BCUT2D eigenvalue weighted by Gasteiger charge is 2.14. The molecule has 31 heavy (non-hydrogen) atoms. The summed E-state index contributed by atoms with van der Waals surface area (Å²) in [5, 5.41) is 6.07. The maximum absolute atomic E-state index is 6.13. The summed E-state index contributed by atoms with van der Waals surface area (Å²) in [5.74, 6) is 1.86. The molecule has 0 saturated carbocycles. The lowest BCUT2D eigenvalue weighted by molar-refractivity contribution is 0.606. The van der Waals surface area contributed by atoms with Gasteiger partial charge in [-0.2, -0.15) is 0 Å². The van der Waals surface area contributed by atoms with E-state index in [1.165, 1.54) is 23.5 Å². The van der Waals surface area contributed by atoms with Crippen LogP contribution in [0.15, 0.2) is 41.2 Å². The number of anilines is 1. The van der Waals surface area contributed by atoms with Gasteiger partial charge in [0.1, 0.15) is 5.15 Å². The smallest absolute Gasteiger partial charge is 0.131 e. The number of halogens is 1. The highest BCUT2D eigenvalue weighted by Crippen LogP contribution is 2.35. The Bertz CT molecular complexity index is 858. The Balaban J connectivity index is 0.000000366. The number of nitrogens with zero attached hydrogens (tertiary/aromatic N) is 1. The SMILES string of the molecule is C=Cc1csc2c(NCC3=CC(C)CS3)cc(Cl)nc12.CC.CC.NC1CC=CCC1. The third-order valence-corrected chi connectivity index (χ3v) is 7.06. The molecule has 0 radical (unpaired) electrons. The van der Waals surface area contributed by atoms with Crippen molar-refractivity contribution in [1.82, 2.24) is 4.98 Å². The Morgan fingerprint density at radius 3 is 2.55 bits per heavy atom. The molecule has 0 aromatic carbocycles. The number of rotatable bonds is 4. The van der Waals surface area contributed by atoms with Crippen molar-refractivity contribution < 1.29 is 0 Å². The fraction of sp³-hybridized carbons (Fsp3) is 0.480. The van der Waals surface area contributed by atoms with Crippen LogP contribution in [0.25, 0.3) is 16.3 Å². The number of pyridine rings is 1. The number of hydrogen-bond acceptors (Lipinski definition) is 5. The van der Waals surface area contributed by atoms with Crippen LogP contribution in [0.2, 0.25) is 5.15 Å². The third-order valence-electron chi connectivity index (χ3n) is 4.50. The number of fused-ring (bicyclic) bond motifs is 1. The van der Waals surface area contributed by atoms with Gasteiger partial charge in [-0.25, -0.2) is 4.98 Å². The maximum Gasteiger partial charge on any atom is 0.131 e. The minimum absolute atomic E-state index is 0.449. The van der Waals surface area contributed by atoms with Crippen LogP contribution in [0.1, 0.15) is 59.4 Å². The summed E-state index contributed by atoms with van der Waals surface area (Å²) in [4.78, 5) is 5.81. The average Bonchev–Trinajstić information content (AvgIpc) is 3.41. The van der Waals surface area contributed by atoms with Gasteiger partial charge in [-0.1, -0.05) is 77.1 Å². The lowest BCUT2D eigenvalue weighted by atomic mass is 10.0. The van der Waals surface area contributed by atoms with Gasteiger partial charge < -0.3 is 11.1 Å². The van der Waals surface area contributed by atoms with E-state index in [2.05, 4.69) is 47.4 Å². The lowest BCUT2D eigenvalue weighted by Gasteiger charge is -2.09. The van der Waals surface area contributed by atoms with Crippen molar-refractivity contribution in [3.8, 4) is 0 Å². The topological polar surface area (TPSA) is 50.9 Å². The van der Waals surface area contributed by atoms with Gasteiger partial charge in [0.05, 0.1) is 15.9 Å². The minimum Gasteiger partial charge on any atom is -0.379 e. The fourth-order valence-electron chi connectivity index (χ4n) is 3.03. The normalized spacial score (nSPS) is 19.1. The molecule has 6 heteroatoms. The van der Waals surface area contributed by atoms with Crippen molar-refractivity contribution in [3.05, 3.63) is 51.9 Å². The first-order valence-corrected chi connectivity index (χ1v) is 13.5. The Kier molecular flexibility index (Phi) is 13.9. The predicted octanol–water partition coefficient (Wildman–Crippen LogP) is 8.38. The molecule has 0 saturated heterocycles. The van der Waals surface area contributed by atoms with E-state index < -0.39 is 0 Å². The second kappa shape index (κ2) is 15.5. The molecule has 0 fully saturated rings. The minimum atomic E-state index is 0.449. The monoisotopic (exact) mass is 479 g/mol. The molecule has 172 valence electrons. The van der Waals surface area contributed by atoms with E-state index >= 15 is 0 Å².